The number of halogens is 1. The Balaban J connectivity index is 2.43. The largest absolute Gasteiger partial charge is 0.494 e. The van der Waals surface area contributed by atoms with E-state index in [2.05, 4.69) is 10.6 Å². The van der Waals surface area contributed by atoms with Gasteiger partial charge < -0.3 is 15.4 Å². The van der Waals surface area contributed by atoms with Crippen molar-refractivity contribution >= 4 is 5.91 Å². The molecular formula is C15H23FN2O2. The molecule has 1 amide bonds. The standard InChI is InChI=1S/C15H23FN2O2/c1-10(2)15(19)18-8-7-17-11(3)12-5-6-13(16)14(9-12)20-4/h5-6,9-11,17H,7-8H2,1-4H3,(H,18,19). The SMILES string of the molecule is COc1cc(C(C)NCCNC(=O)C(C)C)ccc1F. The zero-order chi connectivity index (χ0) is 15.1. The fraction of sp³-hybridized carbons (Fsp3) is 0.533. The number of ether oxygens (including phenoxy) is 1. The van der Waals surface area contributed by atoms with E-state index in [1.54, 1.807) is 12.1 Å². The first-order valence-corrected chi connectivity index (χ1v) is 6.80. The third kappa shape index (κ3) is 4.81. The molecule has 0 fully saturated rings. The molecule has 0 aromatic heterocycles. The zero-order valence-electron chi connectivity index (χ0n) is 12.5. The lowest BCUT2D eigenvalue weighted by Crippen LogP contribution is -2.35. The molecule has 1 aromatic rings. The molecule has 1 atom stereocenters. The fourth-order valence-corrected chi connectivity index (χ4v) is 1.74. The molecule has 0 aliphatic carbocycles. The second kappa shape index (κ2) is 7.85. The van der Waals surface area contributed by atoms with Gasteiger partial charge in [0.15, 0.2) is 11.6 Å². The maximum absolute atomic E-state index is 13.3. The lowest BCUT2D eigenvalue weighted by atomic mass is 10.1. The minimum absolute atomic E-state index is 0.00576. The fourth-order valence-electron chi connectivity index (χ4n) is 1.74. The van der Waals surface area contributed by atoms with Crippen molar-refractivity contribution in [2.24, 2.45) is 5.92 Å². The molecule has 112 valence electrons. The number of carbonyl (C=O) groups is 1. The molecule has 0 saturated heterocycles. The molecule has 5 heteroatoms. The molecule has 0 aliphatic rings. The van der Waals surface area contributed by atoms with E-state index in [4.69, 9.17) is 4.74 Å². The van der Waals surface area contributed by atoms with Crippen LogP contribution in [0.1, 0.15) is 32.4 Å². The van der Waals surface area contributed by atoms with Gasteiger partial charge in [-0.1, -0.05) is 19.9 Å². The molecule has 0 spiro atoms. The van der Waals surface area contributed by atoms with Crippen LogP contribution in [0.2, 0.25) is 0 Å². The topological polar surface area (TPSA) is 50.4 Å². The summed E-state index contributed by atoms with van der Waals surface area (Å²) in [6, 6.07) is 4.86. The third-order valence-electron chi connectivity index (χ3n) is 3.07. The number of benzene rings is 1. The highest BCUT2D eigenvalue weighted by Crippen LogP contribution is 2.22. The highest BCUT2D eigenvalue weighted by atomic mass is 19.1. The van der Waals surface area contributed by atoms with Gasteiger partial charge in [0.25, 0.3) is 0 Å². The number of hydrogen-bond acceptors (Lipinski definition) is 3. The summed E-state index contributed by atoms with van der Waals surface area (Å²) in [6.07, 6.45) is 0. The third-order valence-corrected chi connectivity index (χ3v) is 3.07. The van der Waals surface area contributed by atoms with Crippen molar-refractivity contribution in [1.29, 1.82) is 0 Å². The number of hydrogen-bond donors (Lipinski definition) is 2. The van der Waals surface area contributed by atoms with Gasteiger partial charge in [0.1, 0.15) is 0 Å². The van der Waals surface area contributed by atoms with E-state index in [1.807, 2.05) is 20.8 Å². The maximum Gasteiger partial charge on any atom is 0.222 e. The van der Waals surface area contributed by atoms with Crippen LogP contribution < -0.4 is 15.4 Å². The quantitative estimate of drug-likeness (QED) is 0.754. The van der Waals surface area contributed by atoms with Gasteiger partial charge >= 0.3 is 0 Å². The highest BCUT2D eigenvalue weighted by molar-refractivity contribution is 5.77. The minimum Gasteiger partial charge on any atom is -0.494 e. The van der Waals surface area contributed by atoms with Crippen molar-refractivity contribution in [3.63, 3.8) is 0 Å². The summed E-state index contributed by atoms with van der Waals surface area (Å²) in [7, 11) is 1.45. The molecule has 0 bridgehead atoms. The van der Waals surface area contributed by atoms with Gasteiger partial charge in [-0.05, 0) is 24.6 Å². The van der Waals surface area contributed by atoms with Crippen molar-refractivity contribution in [1.82, 2.24) is 10.6 Å². The average Bonchev–Trinajstić information content (AvgIpc) is 2.43. The van der Waals surface area contributed by atoms with Gasteiger partial charge in [0.2, 0.25) is 5.91 Å². The Morgan fingerprint density at radius 1 is 1.30 bits per heavy atom. The molecule has 1 unspecified atom stereocenters. The van der Waals surface area contributed by atoms with Crippen LogP contribution in [0.4, 0.5) is 4.39 Å². The summed E-state index contributed by atoms with van der Waals surface area (Å²) in [5.74, 6) is -0.0893. The number of carbonyl (C=O) groups excluding carboxylic acids is 1. The average molecular weight is 282 g/mol. The molecule has 2 N–H and O–H groups in total. The lowest BCUT2D eigenvalue weighted by molar-refractivity contribution is -0.123. The Kier molecular flexibility index (Phi) is 6.45. The summed E-state index contributed by atoms with van der Waals surface area (Å²) >= 11 is 0. The predicted octanol–water partition coefficient (Wildman–Crippen LogP) is 2.26. The lowest BCUT2D eigenvalue weighted by Gasteiger charge is -2.16. The first-order valence-electron chi connectivity index (χ1n) is 6.80. The van der Waals surface area contributed by atoms with Crippen molar-refractivity contribution in [2.45, 2.75) is 26.8 Å². The second-order valence-electron chi connectivity index (χ2n) is 5.02. The molecule has 4 nitrogen and oxygen atoms in total. The van der Waals surface area contributed by atoms with Crippen LogP contribution in [0.5, 0.6) is 5.75 Å². The second-order valence-corrected chi connectivity index (χ2v) is 5.02. The molecule has 1 rings (SSSR count). The van der Waals surface area contributed by atoms with Crippen LogP contribution in [-0.2, 0) is 4.79 Å². The van der Waals surface area contributed by atoms with Gasteiger partial charge in [-0.15, -0.1) is 0 Å². The first-order chi connectivity index (χ1) is 9.45. The smallest absolute Gasteiger partial charge is 0.222 e. The van der Waals surface area contributed by atoms with Crippen LogP contribution in [0.15, 0.2) is 18.2 Å². The molecule has 20 heavy (non-hydrogen) atoms. The molecule has 0 heterocycles. The minimum atomic E-state index is -0.368. The van der Waals surface area contributed by atoms with Crippen LogP contribution in [0.25, 0.3) is 0 Å². The van der Waals surface area contributed by atoms with Gasteiger partial charge in [0, 0.05) is 25.0 Å². The summed E-state index contributed by atoms with van der Waals surface area (Å²) in [5, 5.41) is 6.11. The van der Waals surface area contributed by atoms with Crippen LogP contribution >= 0.6 is 0 Å². The van der Waals surface area contributed by atoms with E-state index in [0.717, 1.165) is 5.56 Å². The summed E-state index contributed by atoms with van der Waals surface area (Å²) in [5.41, 5.74) is 0.943. The number of amides is 1. The van der Waals surface area contributed by atoms with Gasteiger partial charge in [0.05, 0.1) is 7.11 Å². The van der Waals surface area contributed by atoms with E-state index >= 15 is 0 Å². The molecule has 0 radical (unpaired) electrons. The Hall–Kier alpha value is -1.62. The molecule has 1 aromatic carbocycles. The number of methoxy groups -OCH3 is 1. The van der Waals surface area contributed by atoms with E-state index in [-0.39, 0.29) is 29.4 Å². The van der Waals surface area contributed by atoms with Gasteiger partial charge in [-0.2, -0.15) is 0 Å². The van der Waals surface area contributed by atoms with Gasteiger partial charge in [-0.25, -0.2) is 4.39 Å². The van der Waals surface area contributed by atoms with Crippen LogP contribution in [-0.4, -0.2) is 26.1 Å². The summed E-state index contributed by atoms with van der Waals surface area (Å²) < 4.78 is 18.3. The monoisotopic (exact) mass is 282 g/mol. The molecule has 0 saturated carbocycles. The normalized spacial score (nSPS) is 12.3. The van der Waals surface area contributed by atoms with Gasteiger partial charge in [-0.3, -0.25) is 4.79 Å². The maximum atomic E-state index is 13.3. The Bertz CT molecular complexity index is 449. The first kappa shape index (κ1) is 16.4. The van der Waals surface area contributed by atoms with Crippen molar-refractivity contribution in [3.8, 4) is 5.75 Å². The van der Waals surface area contributed by atoms with Crippen LogP contribution in [0, 0.1) is 11.7 Å². The highest BCUT2D eigenvalue weighted by Gasteiger charge is 2.10. The Morgan fingerprint density at radius 2 is 2.00 bits per heavy atom. The van der Waals surface area contributed by atoms with E-state index in [1.165, 1.54) is 13.2 Å². The molecular weight excluding hydrogens is 259 g/mol. The van der Waals surface area contributed by atoms with E-state index < -0.39 is 0 Å². The predicted molar refractivity (Wildman–Crippen MR) is 77.2 cm³/mol. The Morgan fingerprint density at radius 3 is 2.60 bits per heavy atom. The van der Waals surface area contributed by atoms with E-state index in [0.29, 0.717) is 13.1 Å². The number of rotatable bonds is 7. The summed E-state index contributed by atoms with van der Waals surface area (Å²) in [6.45, 7) is 6.92. The Labute approximate surface area is 119 Å². The molecule has 0 aliphatic heterocycles. The van der Waals surface area contributed by atoms with E-state index in [9.17, 15) is 9.18 Å². The van der Waals surface area contributed by atoms with Crippen molar-refractivity contribution in [2.75, 3.05) is 20.2 Å². The van der Waals surface area contributed by atoms with Crippen molar-refractivity contribution < 1.29 is 13.9 Å². The van der Waals surface area contributed by atoms with Crippen LogP contribution in [0.3, 0.4) is 0 Å². The van der Waals surface area contributed by atoms with Crippen molar-refractivity contribution in [3.05, 3.63) is 29.6 Å². The summed E-state index contributed by atoms with van der Waals surface area (Å²) in [4.78, 5) is 11.4. The zero-order valence-corrected chi connectivity index (χ0v) is 12.5. The number of nitrogens with one attached hydrogen (secondary N) is 2.